The van der Waals surface area contributed by atoms with Gasteiger partial charge in [-0.25, -0.2) is 4.99 Å². The molecule has 1 aromatic rings. The minimum atomic E-state index is 0.154. The fourth-order valence-corrected chi connectivity index (χ4v) is 4.46. The van der Waals surface area contributed by atoms with E-state index in [1.807, 2.05) is 0 Å². The van der Waals surface area contributed by atoms with Crippen LogP contribution in [-0.4, -0.2) is 72.3 Å². The number of piperazine rings is 1. The number of nitrogens with two attached hydrogens (primary N) is 1. The fraction of sp³-hybridized carbons (Fsp3) is 0.682. The first kappa shape index (κ1) is 21.1. The number of nitrogens with one attached hydrogen (secondary N) is 1. The summed E-state index contributed by atoms with van der Waals surface area (Å²) in [6, 6.07) is 4.79. The number of benzene rings is 1. The van der Waals surface area contributed by atoms with Gasteiger partial charge in [-0.3, -0.25) is 4.90 Å². The van der Waals surface area contributed by atoms with Crippen LogP contribution in [0.3, 0.4) is 0 Å². The summed E-state index contributed by atoms with van der Waals surface area (Å²) in [6.07, 6.45) is 4.56. The quantitative estimate of drug-likeness (QED) is 0.546. The second-order valence-corrected chi connectivity index (χ2v) is 8.42. The van der Waals surface area contributed by atoms with Gasteiger partial charge in [-0.2, -0.15) is 0 Å². The lowest BCUT2D eigenvalue weighted by atomic mass is 9.91. The van der Waals surface area contributed by atoms with Crippen LogP contribution in [-0.2, 0) is 0 Å². The Hall–Kier alpha value is -1.63. The van der Waals surface area contributed by atoms with Gasteiger partial charge in [0.25, 0.3) is 0 Å². The molecule has 156 valence electrons. The molecule has 1 saturated carbocycles. The summed E-state index contributed by atoms with van der Waals surface area (Å²) in [5.74, 6) is 0.959. The van der Waals surface area contributed by atoms with E-state index in [1.165, 1.54) is 29.5 Å². The molecule has 6 nitrogen and oxygen atoms in total. The SMILES string of the molecule is Cc1cc(C)c(NC(=N[C@H]2CCCC[C@@H]2N)N2CCN(CCO)CC2)c(C)c1. The molecule has 2 fully saturated rings. The molecule has 2 atom stereocenters. The lowest BCUT2D eigenvalue weighted by molar-refractivity contribution is 0.146. The summed E-state index contributed by atoms with van der Waals surface area (Å²) in [7, 11) is 0. The van der Waals surface area contributed by atoms with Gasteiger partial charge in [0.2, 0.25) is 0 Å². The number of guanidine groups is 1. The molecule has 1 aliphatic heterocycles. The number of aliphatic hydroxyl groups is 1. The summed E-state index contributed by atoms with van der Waals surface area (Å²) < 4.78 is 0. The van der Waals surface area contributed by atoms with E-state index in [0.717, 1.165) is 57.2 Å². The van der Waals surface area contributed by atoms with Crippen molar-refractivity contribution in [3.8, 4) is 0 Å². The highest BCUT2D eigenvalue weighted by molar-refractivity contribution is 5.95. The van der Waals surface area contributed by atoms with Gasteiger partial charge in [0.1, 0.15) is 0 Å². The molecule has 0 spiro atoms. The maximum absolute atomic E-state index is 9.21. The average molecular weight is 388 g/mol. The highest BCUT2D eigenvalue weighted by Gasteiger charge is 2.25. The first-order chi connectivity index (χ1) is 13.5. The van der Waals surface area contributed by atoms with Gasteiger partial charge in [-0.05, 0) is 44.7 Å². The molecule has 0 unspecified atom stereocenters. The van der Waals surface area contributed by atoms with Crippen molar-refractivity contribution >= 4 is 11.6 Å². The third kappa shape index (κ3) is 5.25. The predicted octanol–water partition coefficient (Wildman–Crippen LogP) is 2.26. The van der Waals surface area contributed by atoms with Crippen LogP contribution in [0.1, 0.15) is 42.4 Å². The Kier molecular flexibility index (Phi) is 7.32. The van der Waals surface area contributed by atoms with Gasteiger partial charge in [0.05, 0.1) is 12.6 Å². The van der Waals surface area contributed by atoms with Crippen LogP contribution in [0.4, 0.5) is 5.69 Å². The Morgan fingerprint density at radius 1 is 1.11 bits per heavy atom. The van der Waals surface area contributed by atoms with Crippen LogP contribution < -0.4 is 11.1 Å². The maximum atomic E-state index is 9.21. The van der Waals surface area contributed by atoms with Crippen LogP contribution >= 0.6 is 0 Å². The number of nitrogens with zero attached hydrogens (tertiary/aromatic N) is 3. The number of aryl methyl sites for hydroxylation is 3. The van der Waals surface area contributed by atoms with E-state index in [2.05, 4.69) is 48.0 Å². The molecule has 0 amide bonds. The molecule has 4 N–H and O–H groups in total. The zero-order chi connectivity index (χ0) is 20.1. The van der Waals surface area contributed by atoms with E-state index >= 15 is 0 Å². The van der Waals surface area contributed by atoms with Gasteiger partial charge >= 0.3 is 0 Å². The molecular weight excluding hydrogens is 350 g/mol. The molecule has 0 bridgehead atoms. The number of anilines is 1. The highest BCUT2D eigenvalue weighted by atomic mass is 16.3. The average Bonchev–Trinajstić information content (AvgIpc) is 2.66. The van der Waals surface area contributed by atoms with Gasteiger partial charge in [-0.1, -0.05) is 30.5 Å². The van der Waals surface area contributed by atoms with Crippen molar-refractivity contribution in [2.24, 2.45) is 10.7 Å². The second kappa shape index (κ2) is 9.72. The predicted molar refractivity (Wildman–Crippen MR) is 117 cm³/mol. The molecule has 28 heavy (non-hydrogen) atoms. The Morgan fingerprint density at radius 3 is 2.36 bits per heavy atom. The molecular formula is C22H37N5O. The Labute approximate surface area is 169 Å². The first-order valence-electron chi connectivity index (χ1n) is 10.7. The molecule has 0 aromatic heterocycles. The van der Waals surface area contributed by atoms with E-state index in [-0.39, 0.29) is 18.7 Å². The van der Waals surface area contributed by atoms with E-state index in [0.29, 0.717) is 0 Å². The summed E-state index contributed by atoms with van der Waals surface area (Å²) in [5, 5.41) is 12.9. The number of aliphatic imine (C=N–C) groups is 1. The fourth-order valence-electron chi connectivity index (χ4n) is 4.46. The minimum Gasteiger partial charge on any atom is -0.395 e. The normalized spacial score (nSPS) is 24.5. The summed E-state index contributed by atoms with van der Waals surface area (Å²) in [4.78, 5) is 9.81. The third-order valence-electron chi connectivity index (χ3n) is 6.07. The lowest BCUT2D eigenvalue weighted by Crippen LogP contribution is -2.52. The van der Waals surface area contributed by atoms with E-state index in [4.69, 9.17) is 10.7 Å². The van der Waals surface area contributed by atoms with Crippen molar-refractivity contribution in [1.29, 1.82) is 0 Å². The highest BCUT2D eigenvalue weighted by Crippen LogP contribution is 2.24. The third-order valence-corrected chi connectivity index (χ3v) is 6.07. The summed E-state index contributed by atoms with van der Waals surface area (Å²) >= 11 is 0. The Bertz CT molecular complexity index is 658. The largest absolute Gasteiger partial charge is 0.395 e. The zero-order valence-electron chi connectivity index (χ0n) is 17.7. The van der Waals surface area contributed by atoms with Gasteiger partial charge in [0, 0.05) is 44.5 Å². The molecule has 1 aromatic carbocycles. The van der Waals surface area contributed by atoms with Crippen molar-refractivity contribution in [2.45, 2.75) is 58.5 Å². The molecule has 0 radical (unpaired) electrons. The summed E-state index contributed by atoms with van der Waals surface area (Å²) in [5.41, 5.74) is 11.3. The van der Waals surface area contributed by atoms with Gasteiger partial charge < -0.3 is 21.1 Å². The number of hydrogen-bond donors (Lipinski definition) is 3. The Balaban J connectivity index is 1.83. The molecule has 3 rings (SSSR count). The van der Waals surface area contributed by atoms with E-state index < -0.39 is 0 Å². The van der Waals surface area contributed by atoms with Crippen LogP contribution in [0.5, 0.6) is 0 Å². The van der Waals surface area contributed by atoms with Crippen LogP contribution in [0, 0.1) is 20.8 Å². The lowest BCUT2D eigenvalue weighted by Gasteiger charge is -2.37. The van der Waals surface area contributed by atoms with Gasteiger partial charge in [-0.15, -0.1) is 0 Å². The van der Waals surface area contributed by atoms with Gasteiger partial charge in [0.15, 0.2) is 5.96 Å². The summed E-state index contributed by atoms with van der Waals surface area (Å²) in [6.45, 7) is 11.1. The maximum Gasteiger partial charge on any atom is 0.198 e. The monoisotopic (exact) mass is 387 g/mol. The molecule has 1 aliphatic carbocycles. The molecule has 1 heterocycles. The van der Waals surface area contributed by atoms with E-state index in [1.54, 1.807) is 0 Å². The molecule has 1 saturated heterocycles. The number of β-amino-alcohol motifs (C(OH)–C–C–N with tert-alkyl or cyclic N) is 1. The van der Waals surface area contributed by atoms with Crippen molar-refractivity contribution in [1.82, 2.24) is 9.80 Å². The molecule has 2 aliphatic rings. The standard InChI is InChI=1S/C22H37N5O/c1-16-14-17(2)21(18(3)15-16)25-22(24-20-7-5-4-6-19(20)23)27-10-8-26(9-11-27)12-13-28/h14-15,19-20,28H,4-13,23H2,1-3H3,(H,24,25)/t19-,20-/m0/s1. The van der Waals surface area contributed by atoms with Crippen LogP contribution in [0.2, 0.25) is 0 Å². The number of hydrogen-bond acceptors (Lipinski definition) is 4. The van der Waals surface area contributed by atoms with E-state index in [9.17, 15) is 5.11 Å². The van der Waals surface area contributed by atoms with Crippen LogP contribution in [0.25, 0.3) is 0 Å². The van der Waals surface area contributed by atoms with Crippen molar-refractivity contribution in [2.75, 3.05) is 44.6 Å². The number of rotatable bonds is 4. The first-order valence-corrected chi connectivity index (χ1v) is 10.7. The van der Waals surface area contributed by atoms with Crippen molar-refractivity contribution < 1.29 is 5.11 Å². The number of aliphatic hydroxyl groups excluding tert-OH is 1. The van der Waals surface area contributed by atoms with Crippen molar-refractivity contribution in [3.63, 3.8) is 0 Å². The smallest absolute Gasteiger partial charge is 0.198 e. The zero-order valence-corrected chi connectivity index (χ0v) is 17.7. The second-order valence-electron chi connectivity index (χ2n) is 8.42. The topological polar surface area (TPSA) is 77.1 Å². The van der Waals surface area contributed by atoms with Crippen molar-refractivity contribution in [3.05, 3.63) is 28.8 Å². The van der Waals surface area contributed by atoms with Crippen LogP contribution in [0.15, 0.2) is 17.1 Å². The molecule has 6 heteroatoms. The Morgan fingerprint density at radius 2 is 1.75 bits per heavy atom. The minimum absolute atomic E-state index is 0.154.